The van der Waals surface area contributed by atoms with Crippen molar-refractivity contribution in [1.82, 2.24) is 9.80 Å². The van der Waals surface area contributed by atoms with Gasteiger partial charge in [-0.25, -0.2) is 0 Å². The van der Waals surface area contributed by atoms with Gasteiger partial charge in [-0.2, -0.15) is 0 Å². The zero-order chi connectivity index (χ0) is 17.3. The molecule has 0 N–H and O–H groups in total. The van der Waals surface area contributed by atoms with Crippen molar-refractivity contribution in [1.29, 1.82) is 0 Å². The number of para-hydroxylation sites is 1. The molecule has 128 valence electrons. The third-order valence-electron chi connectivity index (χ3n) is 5.05. The lowest BCUT2D eigenvalue weighted by atomic mass is 10.0. The van der Waals surface area contributed by atoms with Crippen LogP contribution in [0.1, 0.15) is 25.3 Å². The first-order chi connectivity index (χ1) is 11.5. The van der Waals surface area contributed by atoms with E-state index < -0.39 is 0 Å². The highest BCUT2D eigenvalue weighted by Crippen LogP contribution is 2.27. The summed E-state index contributed by atoms with van der Waals surface area (Å²) >= 11 is 0. The number of hydrogen-bond donors (Lipinski definition) is 0. The maximum Gasteiger partial charge on any atom is 0.242 e. The topological polar surface area (TPSA) is 60.9 Å². The summed E-state index contributed by atoms with van der Waals surface area (Å²) in [5.41, 5.74) is 1.96. The molecule has 6 nitrogen and oxygen atoms in total. The number of anilines is 1. The zero-order valence-corrected chi connectivity index (χ0v) is 14.2. The Labute approximate surface area is 142 Å². The van der Waals surface area contributed by atoms with E-state index in [-0.39, 0.29) is 30.3 Å². The Balaban J connectivity index is 1.67. The summed E-state index contributed by atoms with van der Waals surface area (Å²) < 4.78 is 0. The van der Waals surface area contributed by atoms with E-state index in [1.165, 1.54) is 6.92 Å². The van der Waals surface area contributed by atoms with Gasteiger partial charge in [-0.3, -0.25) is 14.4 Å². The second-order valence-corrected chi connectivity index (χ2v) is 6.52. The molecule has 0 aromatic heterocycles. The number of nitrogens with zero attached hydrogens (tertiary/aromatic N) is 3. The average Bonchev–Trinajstić information content (AvgIpc) is 3.06. The second-order valence-electron chi connectivity index (χ2n) is 6.52. The van der Waals surface area contributed by atoms with Crippen LogP contribution in [0.5, 0.6) is 0 Å². The van der Waals surface area contributed by atoms with E-state index in [2.05, 4.69) is 0 Å². The fourth-order valence-corrected chi connectivity index (χ4v) is 3.45. The van der Waals surface area contributed by atoms with Gasteiger partial charge in [0.25, 0.3) is 0 Å². The Hall–Kier alpha value is -2.37. The Morgan fingerprint density at radius 1 is 1.25 bits per heavy atom. The van der Waals surface area contributed by atoms with Crippen molar-refractivity contribution >= 4 is 23.4 Å². The molecule has 1 fully saturated rings. The number of aryl methyl sites for hydroxylation is 1. The third-order valence-corrected chi connectivity index (χ3v) is 5.05. The van der Waals surface area contributed by atoms with E-state index in [0.29, 0.717) is 19.5 Å². The third kappa shape index (κ3) is 3.13. The number of amides is 3. The highest BCUT2D eigenvalue weighted by molar-refractivity contribution is 6.01. The summed E-state index contributed by atoms with van der Waals surface area (Å²) in [6.07, 6.45) is 1.96. The predicted octanol–water partition coefficient (Wildman–Crippen LogP) is 1.05. The van der Waals surface area contributed by atoms with Crippen molar-refractivity contribution in [3.63, 3.8) is 0 Å². The van der Waals surface area contributed by atoms with Crippen molar-refractivity contribution in [2.24, 2.45) is 0 Å². The van der Waals surface area contributed by atoms with Crippen LogP contribution in [-0.2, 0) is 20.8 Å². The predicted molar refractivity (Wildman–Crippen MR) is 90.5 cm³/mol. The number of carbonyl (C=O) groups excluding carboxylic acids is 3. The second kappa shape index (κ2) is 6.63. The molecule has 0 aliphatic carbocycles. The van der Waals surface area contributed by atoms with Crippen LogP contribution in [0.3, 0.4) is 0 Å². The van der Waals surface area contributed by atoms with Gasteiger partial charge in [-0.1, -0.05) is 18.2 Å². The van der Waals surface area contributed by atoms with Gasteiger partial charge in [0.1, 0.15) is 6.54 Å². The van der Waals surface area contributed by atoms with Gasteiger partial charge in [-0.15, -0.1) is 0 Å². The molecule has 2 heterocycles. The van der Waals surface area contributed by atoms with Crippen LogP contribution in [0.4, 0.5) is 5.69 Å². The fraction of sp³-hybridized carbons (Fsp3) is 0.500. The van der Waals surface area contributed by atoms with Crippen molar-refractivity contribution in [3.8, 4) is 0 Å². The fourth-order valence-electron chi connectivity index (χ4n) is 3.45. The average molecular weight is 329 g/mol. The highest BCUT2D eigenvalue weighted by Gasteiger charge is 2.32. The smallest absolute Gasteiger partial charge is 0.242 e. The van der Waals surface area contributed by atoms with Crippen LogP contribution in [-0.4, -0.2) is 60.2 Å². The zero-order valence-electron chi connectivity index (χ0n) is 14.2. The van der Waals surface area contributed by atoms with Crippen LogP contribution < -0.4 is 4.90 Å². The molecule has 0 spiro atoms. The van der Waals surface area contributed by atoms with Crippen molar-refractivity contribution in [3.05, 3.63) is 29.8 Å². The number of hydrogen-bond acceptors (Lipinski definition) is 3. The number of carbonyl (C=O) groups is 3. The molecule has 1 saturated heterocycles. The number of likely N-dealkylation sites (N-methyl/N-ethyl adjacent to an activating group) is 1. The SMILES string of the molecule is CC(=O)N(C)C1CCN(C(=O)CN2C(=O)CCc3ccccc32)C1. The Morgan fingerprint density at radius 2 is 2.00 bits per heavy atom. The molecule has 1 unspecified atom stereocenters. The van der Waals surface area contributed by atoms with Crippen molar-refractivity contribution in [2.75, 3.05) is 31.6 Å². The van der Waals surface area contributed by atoms with Gasteiger partial charge < -0.3 is 14.7 Å². The van der Waals surface area contributed by atoms with Gasteiger partial charge in [0.2, 0.25) is 17.7 Å². The van der Waals surface area contributed by atoms with E-state index in [9.17, 15) is 14.4 Å². The Bertz CT molecular complexity index is 673. The quantitative estimate of drug-likeness (QED) is 0.833. The van der Waals surface area contributed by atoms with Crippen LogP contribution >= 0.6 is 0 Å². The lowest BCUT2D eigenvalue weighted by Crippen LogP contribution is -2.45. The maximum absolute atomic E-state index is 12.6. The molecule has 3 amide bonds. The van der Waals surface area contributed by atoms with Crippen LogP contribution in [0.2, 0.25) is 0 Å². The molecule has 1 aromatic carbocycles. The Kier molecular flexibility index (Phi) is 4.55. The summed E-state index contributed by atoms with van der Waals surface area (Å²) in [7, 11) is 1.77. The first-order valence-corrected chi connectivity index (χ1v) is 8.37. The van der Waals surface area contributed by atoms with E-state index in [4.69, 9.17) is 0 Å². The molecule has 2 aliphatic heterocycles. The molecule has 3 rings (SSSR count). The first kappa shape index (κ1) is 16.5. The van der Waals surface area contributed by atoms with Crippen LogP contribution in [0.25, 0.3) is 0 Å². The molecular formula is C18H23N3O3. The molecular weight excluding hydrogens is 306 g/mol. The van der Waals surface area contributed by atoms with Crippen LogP contribution in [0, 0.1) is 0 Å². The molecule has 0 radical (unpaired) electrons. The van der Waals surface area contributed by atoms with Gasteiger partial charge >= 0.3 is 0 Å². The van der Waals surface area contributed by atoms with Gasteiger partial charge in [0.05, 0.1) is 6.04 Å². The number of likely N-dealkylation sites (tertiary alicyclic amines) is 1. The standard InChI is InChI=1S/C18H23N3O3/c1-13(22)19(2)15-9-10-20(11-15)18(24)12-21-16-6-4-3-5-14(16)7-8-17(21)23/h3-6,15H,7-12H2,1-2H3. The molecule has 0 saturated carbocycles. The number of rotatable bonds is 3. The summed E-state index contributed by atoms with van der Waals surface area (Å²) in [6.45, 7) is 2.78. The molecule has 6 heteroatoms. The molecule has 0 bridgehead atoms. The van der Waals surface area contributed by atoms with E-state index >= 15 is 0 Å². The summed E-state index contributed by atoms with van der Waals surface area (Å²) in [5, 5.41) is 0. The summed E-state index contributed by atoms with van der Waals surface area (Å²) in [6, 6.07) is 7.82. The van der Waals surface area contributed by atoms with Crippen molar-refractivity contribution in [2.45, 2.75) is 32.2 Å². The maximum atomic E-state index is 12.6. The number of fused-ring (bicyclic) bond motifs is 1. The lowest BCUT2D eigenvalue weighted by Gasteiger charge is -2.30. The largest absolute Gasteiger partial charge is 0.341 e. The van der Waals surface area contributed by atoms with Gasteiger partial charge in [0.15, 0.2) is 0 Å². The minimum atomic E-state index is -0.0560. The number of benzene rings is 1. The van der Waals surface area contributed by atoms with Crippen LogP contribution in [0.15, 0.2) is 24.3 Å². The molecule has 2 aliphatic rings. The minimum absolute atomic E-state index is 0.00125. The minimum Gasteiger partial charge on any atom is -0.341 e. The molecule has 1 atom stereocenters. The monoisotopic (exact) mass is 329 g/mol. The van der Waals surface area contributed by atoms with Gasteiger partial charge in [-0.05, 0) is 24.5 Å². The first-order valence-electron chi connectivity index (χ1n) is 8.37. The summed E-state index contributed by atoms with van der Waals surface area (Å²) in [4.78, 5) is 41.4. The summed E-state index contributed by atoms with van der Waals surface area (Å²) in [5.74, 6) is -0.0485. The van der Waals surface area contributed by atoms with Crippen molar-refractivity contribution < 1.29 is 14.4 Å². The lowest BCUT2D eigenvalue weighted by molar-refractivity contribution is -0.132. The molecule has 1 aromatic rings. The molecule has 24 heavy (non-hydrogen) atoms. The van der Waals surface area contributed by atoms with Gasteiger partial charge in [0, 0.05) is 39.2 Å². The normalized spacial score (nSPS) is 20.1. The van der Waals surface area contributed by atoms with E-state index in [0.717, 1.165) is 24.1 Å². The highest BCUT2D eigenvalue weighted by atomic mass is 16.2. The Morgan fingerprint density at radius 3 is 2.75 bits per heavy atom. The van der Waals surface area contributed by atoms with E-state index in [1.807, 2.05) is 24.3 Å². The van der Waals surface area contributed by atoms with E-state index in [1.54, 1.807) is 21.7 Å².